The Morgan fingerprint density at radius 1 is 1.00 bits per heavy atom. The van der Waals surface area contributed by atoms with E-state index in [-0.39, 0.29) is 0 Å². The second kappa shape index (κ2) is 10.2. The highest BCUT2D eigenvalue weighted by Crippen LogP contribution is 2.25. The molecule has 4 nitrogen and oxygen atoms in total. The van der Waals surface area contributed by atoms with Crippen molar-refractivity contribution < 1.29 is 18.9 Å². The fraction of sp³-hybridized carbons (Fsp3) is 0.571. The van der Waals surface area contributed by atoms with Crippen LogP contribution < -0.4 is 4.74 Å². The average Bonchev–Trinajstić information content (AvgIpc) is 2.42. The van der Waals surface area contributed by atoms with Crippen molar-refractivity contribution in [1.29, 1.82) is 0 Å². The summed E-state index contributed by atoms with van der Waals surface area (Å²) in [7, 11) is 3.34. The van der Waals surface area contributed by atoms with Gasteiger partial charge >= 0.3 is 0 Å². The van der Waals surface area contributed by atoms with Crippen LogP contribution in [-0.4, -0.2) is 40.6 Å². The summed E-state index contributed by atoms with van der Waals surface area (Å²) in [5.41, 5.74) is 1.10. The molecule has 0 unspecified atom stereocenters. The summed E-state index contributed by atoms with van der Waals surface area (Å²) in [5.74, 6) is 0.824. The summed E-state index contributed by atoms with van der Waals surface area (Å²) in [4.78, 5) is 0. The van der Waals surface area contributed by atoms with Crippen molar-refractivity contribution in [3.05, 3.63) is 28.2 Å². The van der Waals surface area contributed by atoms with E-state index in [1.807, 2.05) is 18.2 Å². The SMILES string of the molecule is COCCCOCCOCc1ccc(OC)c(Br)c1. The lowest BCUT2D eigenvalue weighted by Gasteiger charge is -2.08. The molecule has 0 aliphatic rings. The quantitative estimate of drug-likeness (QED) is 0.617. The summed E-state index contributed by atoms with van der Waals surface area (Å²) in [5, 5.41) is 0. The van der Waals surface area contributed by atoms with E-state index in [1.54, 1.807) is 14.2 Å². The molecule has 108 valence electrons. The highest BCUT2D eigenvalue weighted by Gasteiger charge is 2.01. The van der Waals surface area contributed by atoms with Gasteiger partial charge in [-0.15, -0.1) is 0 Å². The van der Waals surface area contributed by atoms with Crippen molar-refractivity contribution >= 4 is 15.9 Å². The van der Waals surface area contributed by atoms with Gasteiger partial charge in [0.15, 0.2) is 0 Å². The first-order chi connectivity index (χ1) is 9.27. The van der Waals surface area contributed by atoms with Gasteiger partial charge in [-0.2, -0.15) is 0 Å². The molecule has 1 rings (SSSR count). The number of hydrogen-bond acceptors (Lipinski definition) is 4. The van der Waals surface area contributed by atoms with Gasteiger partial charge in [0.2, 0.25) is 0 Å². The third-order valence-electron chi connectivity index (χ3n) is 2.49. The molecule has 0 bridgehead atoms. The summed E-state index contributed by atoms with van der Waals surface area (Å²) in [6.07, 6.45) is 0.919. The van der Waals surface area contributed by atoms with E-state index < -0.39 is 0 Å². The molecule has 0 N–H and O–H groups in total. The zero-order valence-electron chi connectivity index (χ0n) is 11.5. The summed E-state index contributed by atoms with van der Waals surface area (Å²) in [6, 6.07) is 5.91. The van der Waals surface area contributed by atoms with Crippen LogP contribution in [-0.2, 0) is 20.8 Å². The van der Waals surface area contributed by atoms with E-state index in [9.17, 15) is 0 Å². The number of hydrogen-bond donors (Lipinski definition) is 0. The molecular formula is C14H21BrO4. The molecule has 0 radical (unpaired) electrons. The van der Waals surface area contributed by atoms with Crippen LogP contribution in [0.25, 0.3) is 0 Å². The second-order valence-electron chi connectivity index (χ2n) is 3.98. The normalized spacial score (nSPS) is 10.7. The van der Waals surface area contributed by atoms with Gasteiger partial charge < -0.3 is 18.9 Å². The third-order valence-corrected chi connectivity index (χ3v) is 3.11. The first-order valence-corrected chi connectivity index (χ1v) is 7.04. The van der Waals surface area contributed by atoms with Gasteiger partial charge in [-0.25, -0.2) is 0 Å². The number of ether oxygens (including phenoxy) is 4. The molecule has 0 aromatic heterocycles. The minimum atomic E-state index is 0.573. The molecule has 1 aromatic rings. The van der Waals surface area contributed by atoms with Crippen LogP contribution in [0, 0.1) is 0 Å². The predicted molar refractivity (Wildman–Crippen MR) is 77.7 cm³/mol. The second-order valence-corrected chi connectivity index (χ2v) is 4.83. The van der Waals surface area contributed by atoms with Crippen molar-refractivity contribution in [2.24, 2.45) is 0 Å². The summed E-state index contributed by atoms with van der Waals surface area (Å²) < 4.78 is 22.0. The number of rotatable bonds is 10. The maximum atomic E-state index is 5.54. The lowest BCUT2D eigenvalue weighted by Crippen LogP contribution is -2.06. The Hall–Kier alpha value is -0.620. The molecular weight excluding hydrogens is 312 g/mol. The summed E-state index contributed by atoms with van der Waals surface area (Å²) in [6.45, 7) is 3.23. The first kappa shape index (κ1) is 16.4. The van der Waals surface area contributed by atoms with E-state index in [1.165, 1.54) is 0 Å². The Kier molecular flexibility index (Phi) is 8.82. The standard InChI is InChI=1S/C14H21BrO4/c1-16-6-3-7-18-8-9-19-11-12-4-5-14(17-2)13(15)10-12/h4-5,10H,3,6-9,11H2,1-2H3. The smallest absolute Gasteiger partial charge is 0.133 e. The first-order valence-electron chi connectivity index (χ1n) is 6.24. The monoisotopic (exact) mass is 332 g/mol. The summed E-state index contributed by atoms with van der Waals surface area (Å²) >= 11 is 3.45. The maximum Gasteiger partial charge on any atom is 0.133 e. The lowest BCUT2D eigenvalue weighted by molar-refractivity contribution is 0.0336. The molecule has 0 saturated carbocycles. The van der Waals surface area contributed by atoms with Gasteiger partial charge in [0.05, 0.1) is 31.4 Å². The molecule has 0 spiro atoms. The Labute approximate surface area is 123 Å². The van der Waals surface area contributed by atoms with Crippen LogP contribution in [0.5, 0.6) is 5.75 Å². The van der Waals surface area contributed by atoms with Gasteiger partial charge in [-0.05, 0) is 40.0 Å². The Morgan fingerprint density at radius 2 is 1.79 bits per heavy atom. The van der Waals surface area contributed by atoms with Crippen molar-refractivity contribution in [2.45, 2.75) is 13.0 Å². The molecule has 19 heavy (non-hydrogen) atoms. The van der Waals surface area contributed by atoms with Crippen molar-refractivity contribution in [1.82, 2.24) is 0 Å². The zero-order valence-corrected chi connectivity index (χ0v) is 13.1. The molecule has 0 aliphatic carbocycles. The van der Waals surface area contributed by atoms with Crippen molar-refractivity contribution in [3.8, 4) is 5.75 Å². The minimum absolute atomic E-state index is 0.573. The lowest BCUT2D eigenvalue weighted by atomic mass is 10.2. The third kappa shape index (κ3) is 6.92. The number of methoxy groups -OCH3 is 2. The van der Waals surface area contributed by atoms with E-state index in [0.717, 1.165) is 28.8 Å². The molecule has 0 amide bonds. The van der Waals surface area contributed by atoms with Gasteiger partial charge in [-0.1, -0.05) is 6.07 Å². The fourth-order valence-corrected chi connectivity index (χ4v) is 2.10. The van der Waals surface area contributed by atoms with Crippen LogP contribution in [0.3, 0.4) is 0 Å². The van der Waals surface area contributed by atoms with Crippen LogP contribution in [0.1, 0.15) is 12.0 Å². The topological polar surface area (TPSA) is 36.9 Å². The number of benzene rings is 1. The van der Waals surface area contributed by atoms with E-state index in [0.29, 0.717) is 26.4 Å². The highest BCUT2D eigenvalue weighted by atomic mass is 79.9. The van der Waals surface area contributed by atoms with Crippen LogP contribution in [0.15, 0.2) is 22.7 Å². The fourth-order valence-electron chi connectivity index (χ4n) is 1.51. The van der Waals surface area contributed by atoms with Gasteiger partial charge in [0.25, 0.3) is 0 Å². The van der Waals surface area contributed by atoms with Crippen LogP contribution in [0.4, 0.5) is 0 Å². The van der Waals surface area contributed by atoms with E-state index in [4.69, 9.17) is 18.9 Å². The molecule has 0 heterocycles. The van der Waals surface area contributed by atoms with Crippen molar-refractivity contribution in [2.75, 3.05) is 40.6 Å². The largest absolute Gasteiger partial charge is 0.496 e. The van der Waals surface area contributed by atoms with Crippen LogP contribution in [0.2, 0.25) is 0 Å². The highest BCUT2D eigenvalue weighted by molar-refractivity contribution is 9.10. The van der Waals surface area contributed by atoms with Crippen LogP contribution >= 0.6 is 15.9 Å². The molecule has 0 atom stereocenters. The van der Waals surface area contributed by atoms with Gasteiger partial charge in [0, 0.05) is 20.3 Å². The molecule has 0 aliphatic heterocycles. The molecule has 5 heteroatoms. The molecule has 0 fully saturated rings. The van der Waals surface area contributed by atoms with E-state index >= 15 is 0 Å². The van der Waals surface area contributed by atoms with Gasteiger partial charge in [0.1, 0.15) is 5.75 Å². The molecule has 0 saturated heterocycles. The average molecular weight is 333 g/mol. The predicted octanol–water partition coefficient (Wildman–Crippen LogP) is 3.03. The maximum absolute atomic E-state index is 5.54. The van der Waals surface area contributed by atoms with E-state index in [2.05, 4.69) is 15.9 Å². The Balaban J connectivity index is 2.11. The number of halogens is 1. The van der Waals surface area contributed by atoms with Crippen molar-refractivity contribution in [3.63, 3.8) is 0 Å². The minimum Gasteiger partial charge on any atom is -0.496 e. The van der Waals surface area contributed by atoms with Gasteiger partial charge in [-0.3, -0.25) is 0 Å². The Bertz CT molecular complexity index is 357. The Morgan fingerprint density at radius 3 is 2.47 bits per heavy atom. The molecule has 1 aromatic carbocycles. The zero-order chi connectivity index (χ0) is 13.9.